The van der Waals surface area contributed by atoms with Gasteiger partial charge in [0.1, 0.15) is 5.92 Å². The van der Waals surface area contributed by atoms with Crippen LogP contribution in [0.15, 0.2) is 35.5 Å². The largest absolute Gasteiger partial charge is 0.409 e. The van der Waals surface area contributed by atoms with Crippen LogP contribution >= 0.6 is 0 Å². The minimum absolute atomic E-state index is 0.0171. The second-order valence-electron chi connectivity index (χ2n) is 4.92. The minimum Gasteiger partial charge on any atom is -0.409 e. The molecule has 0 saturated carbocycles. The first-order chi connectivity index (χ1) is 10.1. The summed E-state index contributed by atoms with van der Waals surface area (Å²) < 4.78 is 0. The van der Waals surface area contributed by atoms with Gasteiger partial charge in [0.25, 0.3) is 0 Å². The molecular formula is C14H18N4O3. The summed E-state index contributed by atoms with van der Waals surface area (Å²) in [6, 6.07) is 8.72. The molecule has 0 radical (unpaired) electrons. The van der Waals surface area contributed by atoms with Gasteiger partial charge in [0.2, 0.25) is 11.8 Å². The molecule has 2 unspecified atom stereocenters. The van der Waals surface area contributed by atoms with Crippen LogP contribution in [-0.2, 0) is 9.59 Å². The van der Waals surface area contributed by atoms with E-state index in [1.54, 1.807) is 24.3 Å². The second-order valence-corrected chi connectivity index (χ2v) is 4.92. The highest BCUT2D eigenvalue weighted by molar-refractivity contribution is 6.07. The zero-order valence-electron chi connectivity index (χ0n) is 11.5. The van der Waals surface area contributed by atoms with Crippen molar-refractivity contribution >= 4 is 17.6 Å². The van der Waals surface area contributed by atoms with Crippen LogP contribution in [0.4, 0.5) is 0 Å². The molecule has 0 spiro atoms. The zero-order chi connectivity index (χ0) is 15.2. The third-order valence-corrected chi connectivity index (χ3v) is 3.42. The fraction of sp³-hybridized carbons (Fsp3) is 0.357. The summed E-state index contributed by atoms with van der Waals surface area (Å²) in [4.78, 5) is 23.5. The van der Waals surface area contributed by atoms with Gasteiger partial charge in [-0.25, -0.2) is 0 Å². The lowest BCUT2D eigenvalue weighted by Gasteiger charge is -2.25. The molecule has 1 aliphatic rings. The lowest BCUT2D eigenvalue weighted by atomic mass is 9.96. The van der Waals surface area contributed by atoms with Gasteiger partial charge >= 0.3 is 0 Å². The van der Waals surface area contributed by atoms with Crippen molar-refractivity contribution in [3.63, 3.8) is 0 Å². The quantitative estimate of drug-likeness (QED) is 0.268. The van der Waals surface area contributed by atoms with Crippen LogP contribution < -0.4 is 16.4 Å². The van der Waals surface area contributed by atoms with Gasteiger partial charge in [-0.3, -0.25) is 9.59 Å². The van der Waals surface area contributed by atoms with E-state index in [9.17, 15) is 9.59 Å². The van der Waals surface area contributed by atoms with E-state index in [0.29, 0.717) is 24.9 Å². The van der Waals surface area contributed by atoms with Gasteiger partial charge in [0.15, 0.2) is 5.84 Å². The summed E-state index contributed by atoms with van der Waals surface area (Å²) in [6.07, 6.45) is 0.958. The highest BCUT2D eigenvalue weighted by Gasteiger charge is 2.28. The number of amidine groups is 1. The Morgan fingerprint density at radius 3 is 2.71 bits per heavy atom. The molecule has 0 aliphatic carbocycles. The summed E-state index contributed by atoms with van der Waals surface area (Å²) in [5, 5.41) is 17.4. The molecule has 1 heterocycles. The smallest absolute Gasteiger partial charge is 0.235 e. The Bertz CT molecular complexity index is 534. The number of nitrogens with one attached hydrogen (secondary N) is 2. The van der Waals surface area contributed by atoms with Crippen molar-refractivity contribution in [1.29, 1.82) is 0 Å². The van der Waals surface area contributed by atoms with Crippen LogP contribution in [0.3, 0.4) is 0 Å². The molecular weight excluding hydrogens is 272 g/mol. The summed E-state index contributed by atoms with van der Waals surface area (Å²) in [6.45, 7) is 0.391. The van der Waals surface area contributed by atoms with Gasteiger partial charge in [-0.1, -0.05) is 35.5 Å². The maximum absolute atomic E-state index is 12.4. The molecule has 1 saturated heterocycles. The molecule has 1 aromatic rings. The van der Waals surface area contributed by atoms with Crippen molar-refractivity contribution in [2.24, 2.45) is 10.9 Å². The molecule has 112 valence electrons. The Balaban J connectivity index is 2.10. The number of piperidine rings is 1. The van der Waals surface area contributed by atoms with Crippen LogP contribution in [-0.4, -0.2) is 35.4 Å². The topological polar surface area (TPSA) is 117 Å². The molecule has 0 aromatic heterocycles. The van der Waals surface area contributed by atoms with Gasteiger partial charge in [-0.05, 0) is 12.0 Å². The third kappa shape index (κ3) is 3.71. The van der Waals surface area contributed by atoms with Crippen LogP contribution in [0, 0.1) is 0 Å². The molecule has 2 rings (SSSR count). The second kappa shape index (κ2) is 6.74. The normalized spacial score (nSPS) is 20.5. The number of oxime groups is 1. The summed E-state index contributed by atoms with van der Waals surface area (Å²) in [7, 11) is 0. The lowest BCUT2D eigenvalue weighted by molar-refractivity contribution is -0.125. The van der Waals surface area contributed by atoms with E-state index in [-0.39, 0.29) is 23.7 Å². The number of hydrogen-bond donors (Lipinski definition) is 4. The maximum Gasteiger partial charge on any atom is 0.235 e. The Labute approximate surface area is 122 Å². The average Bonchev–Trinajstić information content (AvgIpc) is 2.50. The first kappa shape index (κ1) is 14.8. The van der Waals surface area contributed by atoms with E-state index in [1.807, 2.05) is 6.07 Å². The number of nitrogens with zero attached hydrogens (tertiary/aromatic N) is 1. The lowest BCUT2D eigenvalue weighted by Crippen LogP contribution is -2.50. The maximum atomic E-state index is 12.4. The molecule has 5 N–H and O–H groups in total. The summed E-state index contributed by atoms with van der Waals surface area (Å²) in [5.41, 5.74) is 6.29. The van der Waals surface area contributed by atoms with Crippen LogP contribution in [0.25, 0.3) is 0 Å². The summed E-state index contributed by atoms with van der Waals surface area (Å²) >= 11 is 0. The van der Waals surface area contributed by atoms with E-state index in [4.69, 9.17) is 10.9 Å². The van der Waals surface area contributed by atoms with Crippen molar-refractivity contribution in [1.82, 2.24) is 10.6 Å². The van der Waals surface area contributed by atoms with Crippen molar-refractivity contribution in [2.75, 3.05) is 6.54 Å². The number of carbonyl (C=O) groups is 2. The standard InChI is InChI=1S/C14H18N4O3/c15-13(18-21)12(9-4-2-1-3-5-9)14(20)17-10-6-7-11(19)16-8-10/h1-5,10,12,21H,6-8H2,(H2,15,18)(H,16,19)(H,17,20). The van der Waals surface area contributed by atoms with Gasteiger partial charge in [-0.2, -0.15) is 0 Å². The molecule has 7 heteroatoms. The molecule has 21 heavy (non-hydrogen) atoms. The Morgan fingerprint density at radius 1 is 1.43 bits per heavy atom. The van der Waals surface area contributed by atoms with Crippen molar-refractivity contribution in [3.05, 3.63) is 35.9 Å². The molecule has 1 fully saturated rings. The molecule has 1 aliphatic heterocycles. The predicted octanol–water partition coefficient (Wildman–Crippen LogP) is -0.0886. The molecule has 7 nitrogen and oxygen atoms in total. The number of benzene rings is 1. The molecule has 1 aromatic carbocycles. The Hall–Kier alpha value is -2.57. The number of hydrogen-bond acceptors (Lipinski definition) is 4. The molecule has 2 atom stereocenters. The van der Waals surface area contributed by atoms with E-state index in [1.165, 1.54) is 0 Å². The average molecular weight is 290 g/mol. The van der Waals surface area contributed by atoms with Crippen molar-refractivity contribution < 1.29 is 14.8 Å². The Morgan fingerprint density at radius 2 is 2.14 bits per heavy atom. The van der Waals surface area contributed by atoms with Gasteiger partial charge in [0, 0.05) is 19.0 Å². The Kier molecular flexibility index (Phi) is 4.76. The van der Waals surface area contributed by atoms with E-state index in [0.717, 1.165) is 0 Å². The first-order valence-corrected chi connectivity index (χ1v) is 6.71. The minimum atomic E-state index is -0.853. The SMILES string of the molecule is NC(=NO)C(C(=O)NC1CCC(=O)NC1)c1ccccc1. The van der Waals surface area contributed by atoms with Gasteiger partial charge < -0.3 is 21.6 Å². The van der Waals surface area contributed by atoms with E-state index in [2.05, 4.69) is 15.8 Å². The number of amides is 2. The zero-order valence-corrected chi connectivity index (χ0v) is 11.5. The van der Waals surface area contributed by atoms with Crippen molar-refractivity contribution in [3.8, 4) is 0 Å². The van der Waals surface area contributed by atoms with Crippen LogP contribution in [0.2, 0.25) is 0 Å². The monoisotopic (exact) mass is 290 g/mol. The van der Waals surface area contributed by atoms with E-state index < -0.39 is 5.92 Å². The number of nitrogens with two attached hydrogens (primary N) is 1. The fourth-order valence-electron chi connectivity index (χ4n) is 2.30. The highest BCUT2D eigenvalue weighted by Crippen LogP contribution is 2.17. The van der Waals surface area contributed by atoms with Crippen LogP contribution in [0.5, 0.6) is 0 Å². The van der Waals surface area contributed by atoms with Crippen LogP contribution in [0.1, 0.15) is 24.3 Å². The van der Waals surface area contributed by atoms with E-state index >= 15 is 0 Å². The van der Waals surface area contributed by atoms with Gasteiger partial charge in [0.05, 0.1) is 0 Å². The highest BCUT2D eigenvalue weighted by atomic mass is 16.4. The number of rotatable bonds is 4. The van der Waals surface area contributed by atoms with Crippen molar-refractivity contribution in [2.45, 2.75) is 24.8 Å². The molecule has 2 amide bonds. The van der Waals surface area contributed by atoms with Gasteiger partial charge in [-0.15, -0.1) is 0 Å². The molecule has 0 bridgehead atoms. The first-order valence-electron chi connectivity index (χ1n) is 6.71. The number of carbonyl (C=O) groups excluding carboxylic acids is 2. The predicted molar refractivity (Wildman–Crippen MR) is 76.8 cm³/mol. The summed E-state index contributed by atoms with van der Waals surface area (Å²) in [5.74, 6) is -1.39. The third-order valence-electron chi connectivity index (χ3n) is 3.42. The fourth-order valence-corrected chi connectivity index (χ4v) is 2.30.